The fourth-order valence-electron chi connectivity index (χ4n) is 0. The zero-order chi connectivity index (χ0) is 7.00. The third-order valence-corrected chi connectivity index (χ3v) is 0.0645. The molecule has 2 nitrogen and oxygen atoms in total. The topological polar surface area (TPSA) is 46.2 Å². The lowest BCUT2D eigenvalue weighted by atomic mass is 10.8. The van der Waals surface area contributed by atoms with Gasteiger partial charge in [0.2, 0.25) is 0 Å². The molecule has 0 radical (unpaired) electrons. The first kappa shape index (κ1) is 0.698. The Bertz CT molecular complexity index is 69.0. The van der Waals surface area contributed by atoms with Crippen LogP contribution in [0.15, 0.2) is 0 Å². The van der Waals surface area contributed by atoms with Gasteiger partial charge in [-0.05, 0) is 0 Å². The summed E-state index contributed by atoms with van der Waals surface area (Å²) in [6, 6.07) is 0. The molecule has 0 aliphatic carbocycles. The van der Waals surface area contributed by atoms with Crippen LogP contribution in [0.5, 0.6) is 0 Å². The summed E-state index contributed by atoms with van der Waals surface area (Å²) in [6.45, 7) is -5.62. The van der Waals surface area contributed by atoms with Crippen molar-refractivity contribution in [3.63, 3.8) is 0 Å². The molecule has 0 spiro atoms. The molecule has 0 saturated heterocycles. The van der Waals surface area contributed by atoms with Gasteiger partial charge in [0.05, 0.1) is 9.30 Å². The maximum atomic E-state index is 8.19. The molecule has 4 heavy (non-hydrogen) atoms. The summed E-state index contributed by atoms with van der Waals surface area (Å²) in [4.78, 5) is 0. The lowest BCUT2D eigenvalue weighted by Crippen LogP contribution is -2.02. The van der Waals surface area contributed by atoms with Crippen molar-refractivity contribution in [2.24, 2.45) is 5.73 Å². The molecule has 0 aliphatic heterocycles. The molecule has 2 heteroatoms. The minimum Gasteiger partial charge on any atom is -0.395 e. The molecule has 0 aliphatic rings. The van der Waals surface area contributed by atoms with Gasteiger partial charge in [-0.25, -0.2) is 0 Å². The highest BCUT2D eigenvalue weighted by molar-refractivity contribution is 4.17. The van der Waals surface area contributed by atoms with Crippen LogP contribution in [-0.2, 0) is 0 Å². The van der Waals surface area contributed by atoms with Crippen molar-refractivity contribution in [1.82, 2.24) is 0 Å². The van der Waals surface area contributed by atoms with Gasteiger partial charge in [0.1, 0.15) is 0 Å². The summed E-state index contributed by atoms with van der Waals surface area (Å²) in [5.74, 6) is 0. The maximum Gasteiger partial charge on any atom is 0.0577 e. The molecule has 0 amide bonds. The SMILES string of the molecule is [2H]C([2H])(N)C([2H])([2H])O. The Hall–Kier alpha value is -0.0800. The molecule has 0 saturated carbocycles. The first-order valence-corrected chi connectivity index (χ1v) is 0.762. The Labute approximate surface area is 30.9 Å². The van der Waals surface area contributed by atoms with Gasteiger partial charge in [0.15, 0.2) is 0 Å². The van der Waals surface area contributed by atoms with E-state index in [4.69, 9.17) is 10.6 Å². The van der Waals surface area contributed by atoms with Crippen LogP contribution < -0.4 is 5.73 Å². The van der Waals surface area contributed by atoms with Crippen molar-refractivity contribution < 1.29 is 10.6 Å². The summed E-state index contributed by atoms with van der Waals surface area (Å²) in [5, 5.41) is 8.19. The fraction of sp³-hybridized carbons (Fsp3) is 1.00. The summed E-state index contributed by atoms with van der Waals surface area (Å²) in [6.07, 6.45) is 0. The van der Waals surface area contributed by atoms with Gasteiger partial charge in [-0.2, -0.15) is 0 Å². The molecule has 26 valence electrons. The molecule has 0 atom stereocenters. The van der Waals surface area contributed by atoms with Crippen LogP contribution in [0.3, 0.4) is 0 Å². The minimum absolute atomic E-state index is 2.67. The van der Waals surface area contributed by atoms with Gasteiger partial charge >= 0.3 is 0 Å². The average Bonchev–Trinajstić information content (AvgIpc) is 1.25. The van der Waals surface area contributed by atoms with Crippen LogP contribution in [-0.4, -0.2) is 18.2 Å². The third kappa shape index (κ3) is 1.92. The molecule has 3 N–H and O–H groups in total. The highest BCUT2D eigenvalue weighted by atomic mass is 16.3. The summed E-state index contributed by atoms with van der Waals surface area (Å²) in [5.41, 5.74) is 4.52. The van der Waals surface area contributed by atoms with E-state index in [0.29, 0.717) is 0 Å². The second-order valence-electron chi connectivity index (χ2n) is 0.256. The maximum absolute atomic E-state index is 8.19. The molecular formula is C2H7NO. The molecule has 0 bridgehead atoms. The number of aliphatic hydroxyl groups is 1. The Morgan fingerprint density at radius 2 is 2.50 bits per heavy atom. The Morgan fingerprint density at radius 1 is 2.25 bits per heavy atom. The Balaban J connectivity index is 4.02. The first-order chi connectivity index (χ1) is 3.25. The van der Waals surface area contributed by atoms with Gasteiger partial charge in [0, 0.05) is 9.24 Å². The van der Waals surface area contributed by atoms with Crippen molar-refractivity contribution >= 4 is 0 Å². The summed E-state index contributed by atoms with van der Waals surface area (Å²) in [7, 11) is 0. The van der Waals surface area contributed by atoms with Crippen LogP contribution in [0.25, 0.3) is 0 Å². The van der Waals surface area contributed by atoms with Crippen molar-refractivity contribution in [2.45, 2.75) is 0 Å². The molecule has 0 rings (SSSR count). The van der Waals surface area contributed by atoms with Crippen molar-refractivity contribution in [3.8, 4) is 0 Å². The monoisotopic (exact) mass is 65.1 g/mol. The van der Waals surface area contributed by atoms with Crippen LogP contribution in [0.2, 0.25) is 0 Å². The number of hydrogen-bond donors (Lipinski definition) is 2. The summed E-state index contributed by atoms with van der Waals surface area (Å²) < 4.78 is 25.4. The number of hydrogen-bond acceptors (Lipinski definition) is 2. The fourth-order valence-corrected chi connectivity index (χ4v) is 0. The van der Waals surface area contributed by atoms with Crippen LogP contribution >= 0.6 is 0 Å². The second-order valence-corrected chi connectivity index (χ2v) is 0.256. The molecule has 0 aromatic heterocycles. The molecule has 0 aromatic rings. The van der Waals surface area contributed by atoms with E-state index in [2.05, 4.69) is 5.73 Å². The normalized spacial score (nSPS) is 29.5. The van der Waals surface area contributed by atoms with E-state index in [-0.39, 0.29) is 0 Å². The highest BCUT2D eigenvalue weighted by Gasteiger charge is 1.56. The molecule has 0 aromatic carbocycles. The van der Waals surface area contributed by atoms with E-state index in [0.717, 1.165) is 0 Å². The van der Waals surface area contributed by atoms with Crippen LogP contribution in [0.1, 0.15) is 5.48 Å². The van der Waals surface area contributed by atoms with E-state index < -0.39 is 13.1 Å². The minimum atomic E-state index is -2.95. The van der Waals surface area contributed by atoms with Gasteiger partial charge in [-0.1, -0.05) is 0 Å². The predicted octanol–water partition coefficient (Wildman–Crippen LogP) is -1.06. The standard InChI is InChI=1S/C2H7NO/c3-1-2-4/h4H,1-3H2/i1D2,2D2. The zero-order valence-corrected chi connectivity index (χ0v) is 2.02. The summed E-state index contributed by atoms with van der Waals surface area (Å²) >= 11 is 0. The molecule has 0 fully saturated rings. The Morgan fingerprint density at radius 3 is 2.50 bits per heavy atom. The van der Waals surface area contributed by atoms with E-state index in [1.807, 2.05) is 0 Å². The molecule has 0 heterocycles. The molecular weight excluding hydrogens is 54.0 g/mol. The van der Waals surface area contributed by atoms with Gasteiger partial charge in [0.25, 0.3) is 0 Å². The van der Waals surface area contributed by atoms with Crippen LogP contribution in [0.4, 0.5) is 0 Å². The lowest BCUT2D eigenvalue weighted by Gasteiger charge is -1.71. The lowest BCUT2D eigenvalue weighted by molar-refractivity contribution is 0.306. The highest BCUT2D eigenvalue weighted by Crippen LogP contribution is 1.33. The van der Waals surface area contributed by atoms with Gasteiger partial charge < -0.3 is 10.8 Å². The Kier molecular flexibility index (Phi) is 0.510. The van der Waals surface area contributed by atoms with Gasteiger partial charge in [-0.3, -0.25) is 0 Å². The zero-order valence-electron chi connectivity index (χ0n) is 6.02. The third-order valence-electron chi connectivity index (χ3n) is 0.0645. The second kappa shape index (κ2) is 2.92. The van der Waals surface area contributed by atoms with Crippen LogP contribution in [0, 0.1) is 0 Å². The number of nitrogens with two attached hydrogens (primary N) is 1. The number of rotatable bonds is 1. The van der Waals surface area contributed by atoms with Crippen molar-refractivity contribution in [1.29, 1.82) is 0 Å². The van der Waals surface area contributed by atoms with E-state index in [1.165, 1.54) is 0 Å². The van der Waals surface area contributed by atoms with E-state index >= 15 is 0 Å². The smallest absolute Gasteiger partial charge is 0.0577 e. The predicted molar refractivity (Wildman–Crippen MR) is 16.1 cm³/mol. The molecule has 0 unspecified atom stereocenters. The van der Waals surface area contributed by atoms with Gasteiger partial charge in [-0.15, -0.1) is 0 Å². The quantitative estimate of drug-likeness (QED) is 0.409. The van der Waals surface area contributed by atoms with E-state index in [1.54, 1.807) is 0 Å². The first-order valence-electron chi connectivity index (χ1n) is 2.76. The van der Waals surface area contributed by atoms with Crippen molar-refractivity contribution in [3.05, 3.63) is 0 Å². The average molecular weight is 65.1 g/mol. The largest absolute Gasteiger partial charge is 0.395 e. The van der Waals surface area contributed by atoms with Crippen molar-refractivity contribution in [2.75, 3.05) is 13.1 Å². The van der Waals surface area contributed by atoms with E-state index in [9.17, 15) is 0 Å².